The van der Waals surface area contributed by atoms with Crippen LogP contribution in [-0.2, 0) is 17.6 Å². The summed E-state index contributed by atoms with van der Waals surface area (Å²) in [6.45, 7) is 4.08. The molecule has 0 aliphatic carbocycles. The van der Waals surface area contributed by atoms with E-state index in [1.54, 1.807) is 0 Å². The van der Waals surface area contributed by atoms with E-state index in [1.807, 2.05) is 0 Å². The summed E-state index contributed by atoms with van der Waals surface area (Å²) in [5.41, 5.74) is 2.76. The van der Waals surface area contributed by atoms with E-state index in [1.165, 1.54) is 24.0 Å². The number of nitrogens with zero attached hydrogens (tertiary/aromatic N) is 1. The number of benzene rings is 2. The van der Waals surface area contributed by atoms with Crippen molar-refractivity contribution in [2.24, 2.45) is 5.92 Å². The van der Waals surface area contributed by atoms with Crippen LogP contribution in [0.25, 0.3) is 0 Å². The summed E-state index contributed by atoms with van der Waals surface area (Å²) >= 11 is 0. The summed E-state index contributed by atoms with van der Waals surface area (Å²) in [5, 5.41) is 7.32. The van der Waals surface area contributed by atoms with Gasteiger partial charge in [0.1, 0.15) is 0 Å². The average molecular weight is 462 g/mol. The highest BCUT2D eigenvalue weighted by Crippen LogP contribution is 2.23. The zero-order valence-corrected chi connectivity index (χ0v) is 20.8. The van der Waals surface area contributed by atoms with Crippen LogP contribution in [0, 0.1) is 5.92 Å². The summed E-state index contributed by atoms with van der Waals surface area (Å²) in [6.07, 6.45) is 10.9. The average Bonchev–Trinajstić information content (AvgIpc) is 2.90. The Morgan fingerprint density at radius 1 is 0.794 bits per heavy atom. The molecule has 4 nitrogen and oxygen atoms in total. The lowest BCUT2D eigenvalue weighted by Crippen LogP contribution is -2.51. The number of nitrogens with one attached hydrogen (secondary N) is 2. The van der Waals surface area contributed by atoms with Crippen molar-refractivity contribution in [1.29, 1.82) is 0 Å². The van der Waals surface area contributed by atoms with Crippen molar-refractivity contribution in [3.05, 3.63) is 71.8 Å². The normalized spacial score (nSPS) is 17.9. The number of likely N-dealkylation sites (tertiary alicyclic amines) is 1. The molecule has 2 aliphatic rings. The minimum Gasteiger partial charge on any atom is -0.342 e. The molecule has 0 aromatic heterocycles. The second-order valence-corrected chi connectivity index (χ2v) is 10.2. The van der Waals surface area contributed by atoms with Crippen LogP contribution < -0.4 is 10.6 Å². The van der Waals surface area contributed by atoms with Gasteiger partial charge < -0.3 is 15.5 Å². The van der Waals surface area contributed by atoms with E-state index < -0.39 is 0 Å². The zero-order chi connectivity index (χ0) is 23.4. The Kier molecular flexibility index (Phi) is 10.0. The molecule has 4 rings (SSSR count). The number of carbonyl (C=O) groups excluding carboxylic acids is 1. The first-order valence-electron chi connectivity index (χ1n) is 13.6. The summed E-state index contributed by atoms with van der Waals surface area (Å²) < 4.78 is 0. The smallest absolute Gasteiger partial charge is 0.225 e. The van der Waals surface area contributed by atoms with Gasteiger partial charge in [-0.1, -0.05) is 60.7 Å². The van der Waals surface area contributed by atoms with Gasteiger partial charge >= 0.3 is 0 Å². The van der Waals surface area contributed by atoms with Crippen molar-refractivity contribution in [2.75, 3.05) is 26.2 Å². The highest BCUT2D eigenvalue weighted by Gasteiger charge is 2.29. The fraction of sp³-hybridized carbons (Fsp3) is 0.567. The third kappa shape index (κ3) is 7.95. The second-order valence-electron chi connectivity index (χ2n) is 10.2. The molecule has 2 aromatic rings. The van der Waals surface area contributed by atoms with Gasteiger partial charge in [-0.05, 0) is 88.4 Å². The minimum atomic E-state index is 0.154. The molecule has 0 radical (unpaired) electrons. The first kappa shape index (κ1) is 24.9. The van der Waals surface area contributed by atoms with Gasteiger partial charge in [0.15, 0.2) is 0 Å². The van der Waals surface area contributed by atoms with E-state index in [2.05, 4.69) is 76.2 Å². The number of hydrogen-bond donors (Lipinski definition) is 2. The van der Waals surface area contributed by atoms with Crippen LogP contribution >= 0.6 is 0 Å². The van der Waals surface area contributed by atoms with E-state index >= 15 is 0 Å². The van der Waals surface area contributed by atoms with Gasteiger partial charge in [0, 0.05) is 31.1 Å². The molecule has 2 aromatic carbocycles. The van der Waals surface area contributed by atoms with Gasteiger partial charge in [-0.3, -0.25) is 4.79 Å². The molecular formula is C30H43N3O. The molecule has 0 spiro atoms. The van der Waals surface area contributed by atoms with Gasteiger partial charge in [-0.25, -0.2) is 0 Å². The third-order valence-electron chi connectivity index (χ3n) is 7.69. The van der Waals surface area contributed by atoms with Gasteiger partial charge in [-0.15, -0.1) is 0 Å². The third-order valence-corrected chi connectivity index (χ3v) is 7.69. The fourth-order valence-corrected chi connectivity index (χ4v) is 5.63. The lowest BCUT2D eigenvalue weighted by atomic mass is 9.91. The number of carbonyl (C=O) groups is 1. The maximum atomic E-state index is 13.6. The highest BCUT2D eigenvalue weighted by molar-refractivity contribution is 5.79. The van der Waals surface area contributed by atoms with Crippen LogP contribution in [0.2, 0.25) is 0 Å². The fourth-order valence-electron chi connectivity index (χ4n) is 5.63. The van der Waals surface area contributed by atoms with Gasteiger partial charge in [-0.2, -0.15) is 0 Å². The van der Waals surface area contributed by atoms with Crippen molar-refractivity contribution in [3.63, 3.8) is 0 Å². The Morgan fingerprint density at radius 2 is 1.29 bits per heavy atom. The van der Waals surface area contributed by atoms with Gasteiger partial charge in [0.05, 0.1) is 0 Å². The summed E-state index contributed by atoms with van der Waals surface area (Å²) in [4.78, 5) is 15.8. The largest absolute Gasteiger partial charge is 0.342 e. The monoisotopic (exact) mass is 461 g/mol. The lowest BCUT2D eigenvalue weighted by molar-refractivity contribution is -0.137. The number of piperidine rings is 2. The van der Waals surface area contributed by atoms with Crippen LogP contribution in [0.1, 0.15) is 62.5 Å². The van der Waals surface area contributed by atoms with E-state index in [-0.39, 0.29) is 5.92 Å². The highest BCUT2D eigenvalue weighted by atomic mass is 16.2. The van der Waals surface area contributed by atoms with Crippen molar-refractivity contribution < 1.29 is 4.79 Å². The number of amides is 1. The molecule has 2 fully saturated rings. The van der Waals surface area contributed by atoms with Gasteiger partial charge in [0.25, 0.3) is 0 Å². The van der Waals surface area contributed by atoms with Crippen molar-refractivity contribution in [3.8, 4) is 0 Å². The molecule has 184 valence electrons. The quantitative estimate of drug-likeness (QED) is 0.496. The van der Waals surface area contributed by atoms with Crippen LogP contribution in [0.15, 0.2) is 60.7 Å². The van der Waals surface area contributed by atoms with Crippen LogP contribution in [-0.4, -0.2) is 49.1 Å². The Hall–Kier alpha value is -2.17. The zero-order valence-electron chi connectivity index (χ0n) is 20.8. The van der Waals surface area contributed by atoms with Crippen LogP contribution in [0.4, 0.5) is 0 Å². The summed E-state index contributed by atoms with van der Waals surface area (Å²) in [7, 11) is 0. The predicted molar refractivity (Wildman–Crippen MR) is 141 cm³/mol. The van der Waals surface area contributed by atoms with E-state index in [0.29, 0.717) is 18.0 Å². The second kappa shape index (κ2) is 13.7. The molecule has 0 bridgehead atoms. The van der Waals surface area contributed by atoms with E-state index in [9.17, 15) is 4.79 Å². The number of rotatable bonds is 11. The molecule has 4 heteroatoms. The maximum Gasteiger partial charge on any atom is 0.225 e. The van der Waals surface area contributed by atoms with Crippen LogP contribution in [0.5, 0.6) is 0 Å². The summed E-state index contributed by atoms with van der Waals surface area (Å²) in [5.74, 6) is 0.558. The number of aryl methyl sites for hydroxylation is 2. The van der Waals surface area contributed by atoms with E-state index in [0.717, 1.165) is 77.5 Å². The molecule has 2 aliphatic heterocycles. The Labute approximate surface area is 206 Å². The molecule has 34 heavy (non-hydrogen) atoms. The lowest BCUT2D eigenvalue weighted by Gasteiger charge is -2.37. The first-order valence-corrected chi connectivity index (χ1v) is 13.6. The Bertz CT molecular complexity index is 781. The molecule has 2 N–H and O–H groups in total. The molecule has 2 heterocycles. The van der Waals surface area contributed by atoms with Crippen LogP contribution in [0.3, 0.4) is 0 Å². The molecule has 2 saturated heterocycles. The number of hydrogen-bond acceptors (Lipinski definition) is 3. The van der Waals surface area contributed by atoms with Crippen molar-refractivity contribution in [2.45, 2.75) is 76.3 Å². The molecular weight excluding hydrogens is 418 g/mol. The molecule has 1 amide bonds. The van der Waals surface area contributed by atoms with Crippen molar-refractivity contribution in [1.82, 2.24) is 15.5 Å². The van der Waals surface area contributed by atoms with Gasteiger partial charge in [0.2, 0.25) is 5.91 Å². The standard InChI is InChI=1S/C30H43N3O/c34-30(33-23-19-29(20-24-33)32-28-17-21-31-22-18-28)27(15-7-13-25-9-3-1-4-10-25)16-8-14-26-11-5-2-6-12-26/h1-6,9-12,27-29,31-32H,7-8,13-24H2. The molecule has 0 unspecified atom stereocenters. The minimum absolute atomic E-state index is 0.154. The van der Waals surface area contributed by atoms with E-state index in [4.69, 9.17) is 0 Å². The Morgan fingerprint density at radius 3 is 1.82 bits per heavy atom. The molecule has 0 atom stereocenters. The summed E-state index contributed by atoms with van der Waals surface area (Å²) in [6, 6.07) is 22.6. The van der Waals surface area contributed by atoms with Crippen molar-refractivity contribution >= 4 is 5.91 Å². The SMILES string of the molecule is O=C(C(CCCc1ccccc1)CCCc1ccccc1)N1CCC(NC2CCNCC2)CC1. The maximum absolute atomic E-state index is 13.6. The first-order chi connectivity index (χ1) is 16.8. The Balaban J connectivity index is 1.27. The predicted octanol–water partition coefficient (Wildman–Crippen LogP) is 4.98. The molecule has 0 saturated carbocycles. The topological polar surface area (TPSA) is 44.4 Å².